The van der Waals surface area contributed by atoms with Crippen LogP contribution in [0.15, 0.2) is 53.7 Å². The fraction of sp³-hybridized carbons (Fsp3) is 0.417. The van der Waals surface area contributed by atoms with Gasteiger partial charge in [0.1, 0.15) is 17.7 Å². The summed E-state index contributed by atoms with van der Waals surface area (Å²) in [5, 5.41) is 7.30. The van der Waals surface area contributed by atoms with Crippen LogP contribution in [-0.4, -0.2) is 38.0 Å². The average Bonchev–Trinajstić information content (AvgIpc) is 3.27. The van der Waals surface area contributed by atoms with Gasteiger partial charge < -0.3 is 19.6 Å². The molecular weight excluding hydrogens is 399 g/mol. The highest BCUT2D eigenvalue weighted by Crippen LogP contribution is 2.38. The summed E-state index contributed by atoms with van der Waals surface area (Å²) in [7, 11) is 1.63. The highest BCUT2D eigenvalue weighted by Gasteiger charge is 2.43. The molecule has 1 saturated heterocycles. The second-order valence-electron chi connectivity index (χ2n) is 8.10. The molecule has 0 bridgehead atoms. The van der Waals surface area contributed by atoms with E-state index in [4.69, 9.17) is 14.3 Å². The van der Waals surface area contributed by atoms with Gasteiger partial charge in [0, 0.05) is 32.6 Å². The van der Waals surface area contributed by atoms with Gasteiger partial charge in [0.05, 0.1) is 18.2 Å². The Morgan fingerprint density at radius 2 is 1.87 bits per heavy atom. The van der Waals surface area contributed by atoms with Gasteiger partial charge in [0.15, 0.2) is 0 Å². The number of hydrogen-bond donors (Lipinski definition) is 1. The summed E-state index contributed by atoms with van der Waals surface area (Å²) in [5.41, 5.74) is 2.08. The number of nitrogens with zero attached hydrogens (tertiary/aromatic N) is 1. The molecule has 0 spiro atoms. The highest BCUT2D eigenvalue weighted by molar-refractivity contribution is 6.01. The number of nitrogens with one attached hydrogen (secondary N) is 1. The Kier molecular flexibility index (Phi) is 6.51. The van der Waals surface area contributed by atoms with Crippen LogP contribution < -0.4 is 10.1 Å². The van der Waals surface area contributed by atoms with Gasteiger partial charge in [-0.05, 0) is 48.2 Å². The Balaban J connectivity index is 1.39. The predicted molar refractivity (Wildman–Crippen MR) is 114 cm³/mol. The zero-order chi connectivity index (χ0) is 21.7. The Bertz CT molecular complexity index is 922. The maximum atomic E-state index is 13.3. The molecule has 0 aromatic heterocycles. The van der Waals surface area contributed by atoms with Gasteiger partial charge in [-0.3, -0.25) is 4.79 Å². The number of ether oxygens (including phenoxy) is 2. The third kappa shape index (κ3) is 5.05. The molecule has 2 aromatic carbocycles. The fourth-order valence-electron chi connectivity index (χ4n) is 4.19. The van der Waals surface area contributed by atoms with E-state index < -0.39 is 5.41 Å². The number of methoxy groups -OCH3 is 1. The maximum Gasteiger partial charge on any atom is 0.226 e. The number of rotatable bonds is 7. The second-order valence-corrected chi connectivity index (χ2v) is 8.10. The first kappa shape index (κ1) is 21.3. The van der Waals surface area contributed by atoms with Crippen molar-refractivity contribution in [2.75, 3.05) is 20.3 Å². The van der Waals surface area contributed by atoms with E-state index in [1.54, 1.807) is 19.2 Å². The van der Waals surface area contributed by atoms with Gasteiger partial charge in [-0.2, -0.15) is 0 Å². The van der Waals surface area contributed by atoms with Gasteiger partial charge >= 0.3 is 0 Å². The van der Waals surface area contributed by atoms with Crippen molar-refractivity contribution in [3.63, 3.8) is 0 Å². The first-order valence-corrected chi connectivity index (χ1v) is 10.6. The van der Waals surface area contributed by atoms with Crippen LogP contribution in [-0.2, 0) is 20.9 Å². The number of amides is 1. The van der Waals surface area contributed by atoms with Crippen molar-refractivity contribution in [2.45, 2.75) is 38.3 Å². The highest BCUT2D eigenvalue weighted by atomic mass is 19.1. The normalized spacial score (nSPS) is 19.9. The number of carbonyl (C=O) groups excluding carboxylic acids is 1. The largest absolute Gasteiger partial charge is 0.497 e. The van der Waals surface area contributed by atoms with E-state index in [1.165, 1.54) is 12.1 Å². The summed E-state index contributed by atoms with van der Waals surface area (Å²) in [6.07, 6.45) is 2.27. The van der Waals surface area contributed by atoms with Gasteiger partial charge in [-0.15, -0.1) is 0 Å². The summed E-state index contributed by atoms with van der Waals surface area (Å²) in [4.78, 5) is 18.9. The number of carbonyl (C=O) groups is 1. The molecule has 1 atom stereocenters. The van der Waals surface area contributed by atoms with Crippen molar-refractivity contribution in [3.05, 3.63) is 65.5 Å². The van der Waals surface area contributed by atoms with Crippen LogP contribution in [0.3, 0.4) is 0 Å². The third-order valence-electron chi connectivity index (χ3n) is 6.07. The van der Waals surface area contributed by atoms with E-state index in [0.29, 0.717) is 45.4 Å². The van der Waals surface area contributed by atoms with E-state index in [2.05, 4.69) is 10.5 Å². The molecule has 1 amide bonds. The third-order valence-corrected chi connectivity index (χ3v) is 6.07. The first-order chi connectivity index (χ1) is 15.1. The van der Waals surface area contributed by atoms with Crippen LogP contribution in [0.5, 0.6) is 5.75 Å². The summed E-state index contributed by atoms with van der Waals surface area (Å²) in [6.45, 7) is 1.55. The zero-order valence-electron chi connectivity index (χ0n) is 17.6. The molecule has 2 heterocycles. The average molecular weight is 426 g/mol. The van der Waals surface area contributed by atoms with Gasteiger partial charge in [0.2, 0.25) is 5.91 Å². The minimum atomic E-state index is -0.552. The standard InChI is InChI=1S/C24H27FN2O4/c1-29-20-8-2-17(3-9-20)16-26-23(28)24(10-12-30-13-11-24)15-21-14-22(27-31-21)18-4-6-19(25)7-5-18/h2-9,21H,10-16H2,1H3,(H,26,28)/t21-/m0/s1. The van der Waals surface area contributed by atoms with Crippen LogP contribution in [0, 0.1) is 11.2 Å². The van der Waals surface area contributed by atoms with Gasteiger partial charge in [-0.1, -0.05) is 29.4 Å². The number of hydrogen-bond acceptors (Lipinski definition) is 5. The smallest absolute Gasteiger partial charge is 0.226 e. The Labute approximate surface area is 181 Å². The SMILES string of the molecule is COc1ccc(CNC(=O)C2(C[C@@H]3CC(c4ccc(F)cc4)=NO3)CCOCC2)cc1. The van der Waals surface area contributed by atoms with Crippen LogP contribution in [0.4, 0.5) is 4.39 Å². The summed E-state index contributed by atoms with van der Waals surface area (Å²) < 4.78 is 23.9. The number of benzene rings is 2. The van der Waals surface area contributed by atoms with E-state index in [1.807, 2.05) is 24.3 Å². The van der Waals surface area contributed by atoms with E-state index in [9.17, 15) is 9.18 Å². The molecule has 1 fully saturated rings. The number of oxime groups is 1. The molecular formula is C24H27FN2O4. The minimum absolute atomic E-state index is 0.0189. The fourth-order valence-corrected chi connectivity index (χ4v) is 4.19. The molecule has 2 aliphatic heterocycles. The summed E-state index contributed by atoms with van der Waals surface area (Å²) in [5.74, 6) is 0.520. The Morgan fingerprint density at radius 3 is 2.55 bits per heavy atom. The molecule has 0 unspecified atom stereocenters. The topological polar surface area (TPSA) is 69.2 Å². The van der Waals surface area contributed by atoms with Crippen molar-refractivity contribution >= 4 is 11.6 Å². The first-order valence-electron chi connectivity index (χ1n) is 10.6. The monoisotopic (exact) mass is 426 g/mol. The predicted octanol–water partition coefficient (Wildman–Crippen LogP) is 3.83. The molecule has 0 aliphatic carbocycles. The van der Waals surface area contributed by atoms with Crippen molar-refractivity contribution in [1.29, 1.82) is 0 Å². The molecule has 31 heavy (non-hydrogen) atoms. The molecule has 2 aliphatic rings. The maximum absolute atomic E-state index is 13.3. The molecule has 7 heteroatoms. The van der Waals surface area contributed by atoms with Crippen molar-refractivity contribution in [3.8, 4) is 5.75 Å². The van der Waals surface area contributed by atoms with Crippen LogP contribution in [0.2, 0.25) is 0 Å². The molecule has 2 aromatic rings. The lowest BCUT2D eigenvalue weighted by Crippen LogP contribution is -2.46. The minimum Gasteiger partial charge on any atom is -0.497 e. The van der Waals surface area contributed by atoms with Crippen LogP contribution in [0.1, 0.15) is 36.8 Å². The van der Waals surface area contributed by atoms with Crippen molar-refractivity contribution in [1.82, 2.24) is 5.32 Å². The van der Waals surface area contributed by atoms with E-state index in [-0.39, 0.29) is 17.8 Å². The molecule has 164 valence electrons. The summed E-state index contributed by atoms with van der Waals surface area (Å²) >= 11 is 0. The van der Waals surface area contributed by atoms with E-state index >= 15 is 0 Å². The number of halogens is 1. The molecule has 6 nitrogen and oxygen atoms in total. The lowest BCUT2D eigenvalue weighted by atomic mass is 9.74. The van der Waals surface area contributed by atoms with Gasteiger partial charge in [-0.25, -0.2) is 4.39 Å². The van der Waals surface area contributed by atoms with Crippen LogP contribution >= 0.6 is 0 Å². The molecule has 1 N–H and O–H groups in total. The van der Waals surface area contributed by atoms with Gasteiger partial charge in [0.25, 0.3) is 0 Å². The van der Waals surface area contributed by atoms with E-state index in [0.717, 1.165) is 22.6 Å². The molecule has 0 radical (unpaired) electrons. The zero-order valence-corrected chi connectivity index (χ0v) is 17.6. The van der Waals surface area contributed by atoms with Crippen LogP contribution in [0.25, 0.3) is 0 Å². The summed E-state index contributed by atoms with van der Waals surface area (Å²) in [6, 6.07) is 13.9. The Morgan fingerprint density at radius 1 is 1.16 bits per heavy atom. The lowest BCUT2D eigenvalue weighted by molar-refractivity contribution is -0.140. The molecule has 0 saturated carbocycles. The van der Waals surface area contributed by atoms with Crippen molar-refractivity contribution in [2.24, 2.45) is 10.6 Å². The van der Waals surface area contributed by atoms with Crippen molar-refractivity contribution < 1.29 is 23.5 Å². The quantitative estimate of drug-likeness (QED) is 0.731. The lowest BCUT2D eigenvalue weighted by Gasteiger charge is -2.37. The Hall–Kier alpha value is -2.93. The second kappa shape index (κ2) is 9.47. The molecule has 4 rings (SSSR count).